The number of rotatable bonds is 13. The molecule has 5 nitrogen and oxygen atoms in total. The summed E-state index contributed by atoms with van der Waals surface area (Å²) in [6, 6.07) is 26.6. The van der Waals surface area contributed by atoms with Gasteiger partial charge in [0.1, 0.15) is 11.4 Å². The molecule has 1 heterocycles. The molecule has 1 N–H and O–H groups in total. The molecule has 4 rings (SSSR count). The molecule has 0 aliphatic heterocycles. The van der Waals surface area contributed by atoms with Crippen LogP contribution < -0.4 is 10.1 Å². The molecule has 1 aromatic heterocycles. The molecule has 0 saturated heterocycles. The Labute approximate surface area is 252 Å². The van der Waals surface area contributed by atoms with Crippen molar-refractivity contribution in [3.63, 3.8) is 0 Å². The van der Waals surface area contributed by atoms with E-state index in [0.29, 0.717) is 18.8 Å². The van der Waals surface area contributed by atoms with Gasteiger partial charge in [0.15, 0.2) is 0 Å². The van der Waals surface area contributed by atoms with Crippen molar-refractivity contribution in [3.05, 3.63) is 101 Å². The molecule has 0 aliphatic rings. The van der Waals surface area contributed by atoms with Gasteiger partial charge in [-0.2, -0.15) is 5.10 Å². The number of nitrogens with one attached hydrogen (secondary N) is 1. The van der Waals surface area contributed by atoms with Crippen molar-refractivity contribution >= 4 is 5.91 Å². The summed E-state index contributed by atoms with van der Waals surface area (Å²) in [7, 11) is 0. The van der Waals surface area contributed by atoms with E-state index in [1.807, 2.05) is 67.6 Å². The standard InChI is InChI=1S/C37H47N3O2/c1-8-36(4,5)29-20-21-34(31(25-29)37(6,7)9-2)42-23-14-13-22-38-35(41)33-26-32(28-17-11-10-12-18-28)39-40(33)30-19-15-16-27(3)24-30/h10-12,15-21,24-26H,8-9,13-14,22-23H2,1-7H3,(H,38,41). The molecule has 0 radical (unpaired) electrons. The number of amides is 1. The first-order valence-corrected chi connectivity index (χ1v) is 15.3. The van der Waals surface area contributed by atoms with Crippen LogP contribution in [0, 0.1) is 6.92 Å². The first kappa shape index (κ1) is 31.1. The quantitative estimate of drug-likeness (QED) is 0.165. The maximum atomic E-state index is 13.3. The molecule has 0 unspecified atom stereocenters. The van der Waals surface area contributed by atoms with Gasteiger partial charge >= 0.3 is 0 Å². The molecule has 222 valence electrons. The van der Waals surface area contributed by atoms with Crippen LogP contribution >= 0.6 is 0 Å². The van der Waals surface area contributed by atoms with Crippen molar-refractivity contribution in [2.75, 3.05) is 13.2 Å². The van der Waals surface area contributed by atoms with E-state index in [2.05, 4.69) is 65.1 Å². The molecule has 5 heteroatoms. The van der Waals surface area contributed by atoms with Crippen LogP contribution in [0.15, 0.2) is 78.9 Å². The van der Waals surface area contributed by atoms with Gasteiger partial charge in [0.2, 0.25) is 0 Å². The highest BCUT2D eigenvalue weighted by Crippen LogP contribution is 2.38. The largest absolute Gasteiger partial charge is 0.493 e. The predicted molar refractivity (Wildman–Crippen MR) is 174 cm³/mol. The Morgan fingerprint density at radius 1 is 0.857 bits per heavy atom. The molecule has 0 fully saturated rings. The van der Waals surface area contributed by atoms with Gasteiger partial charge in [-0.25, -0.2) is 4.68 Å². The summed E-state index contributed by atoms with van der Waals surface area (Å²) in [5.41, 5.74) is 7.06. The molecule has 0 bridgehead atoms. The van der Waals surface area contributed by atoms with Crippen molar-refractivity contribution in [2.45, 2.75) is 85.0 Å². The van der Waals surface area contributed by atoms with Gasteiger partial charge < -0.3 is 10.1 Å². The van der Waals surface area contributed by atoms with Gasteiger partial charge in [-0.1, -0.05) is 96.1 Å². The lowest BCUT2D eigenvalue weighted by atomic mass is 9.76. The monoisotopic (exact) mass is 565 g/mol. The number of hydrogen-bond donors (Lipinski definition) is 1. The maximum absolute atomic E-state index is 13.3. The SMILES string of the molecule is CCC(C)(C)c1ccc(OCCCCNC(=O)c2cc(-c3ccccc3)nn2-c2cccc(C)c2)c(C(C)(C)CC)c1. The van der Waals surface area contributed by atoms with Crippen molar-refractivity contribution in [2.24, 2.45) is 0 Å². The average Bonchev–Trinajstić information content (AvgIpc) is 3.45. The molecule has 0 aliphatic carbocycles. The van der Waals surface area contributed by atoms with Gasteiger partial charge in [0, 0.05) is 17.7 Å². The van der Waals surface area contributed by atoms with Crippen molar-refractivity contribution in [1.29, 1.82) is 0 Å². The fourth-order valence-electron chi connectivity index (χ4n) is 4.95. The number of hydrogen-bond acceptors (Lipinski definition) is 3. The minimum Gasteiger partial charge on any atom is -0.493 e. The predicted octanol–water partition coefficient (Wildman–Crippen LogP) is 8.81. The number of unbranched alkanes of at least 4 members (excludes halogenated alkanes) is 1. The number of aromatic nitrogens is 2. The van der Waals surface area contributed by atoms with Crippen LogP contribution in [0.3, 0.4) is 0 Å². The van der Waals surface area contributed by atoms with E-state index in [1.54, 1.807) is 4.68 Å². The zero-order chi connectivity index (χ0) is 30.3. The van der Waals surface area contributed by atoms with Crippen LogP contribution in [0.2, 0.25) is 0 Å². The van der Waals surface area contributed by atoms with Crippen molar-refractivity contribution < 1.29 is 9.53 Å². The molecular weight excluding hydrogens is 518 g/mol. The molecule has 1 amide bonds. The number of benzene rings is 3. The lowest BCUT2D eigenvalue weighted by molar-refractivity contribution is 0.0944. The van der Waals surface area contributed by atoms with Crippen molar-refractivity contribution in [3.8, 4) is 22.7 Å². The average molecular weight is 566 g/mol. The first-order chi connectivity index (χ1) is 20.1. The van der Waals surface area contributed by atoms with E-state index in [1.165, 1.54) is 11.1 Å². The molecule has 4 aromatic rings. The van der Waals surface area contributed by atoms with Crippen LogP contribution in [0.25, 0.3) is 16.9 Å². The molecule has 0 saturated carbocycles. The van der Waals surface area contributed by atoms with E-state index in [-0.39, 0.29) is 16.7 Å². The van der Waals surface area contributed by atoms with E-state index in [4.69, 9.17) is 9.84 Å². The second-order valence-electron chi connectivity index (χ2n) is 12.5. The number of aryl methyl sites for hydroxylation is 1. The second kappa shape index (κ2) is 13.4. The summed E-state index contributed by atoms with van der Waals surface area (Å²) in [4.78, 5) is 13.3. The van der Waals surface area contributed by atoms with E-state index in [0.717, 1.165) is 53.9 Å². The molecule has 0 atom stereocenters. The highest BCUT2D eigenvalue weighted by atomic mass is 16.5. The minimum atomic E-state index is -0.131. The van der Waals surface area contributed by atoms with Gasteiger partial charge in [0.25, 0.3) is 5.91 Å². The summed E-state index contributed by atoms with van der Waals surface area (Å²) in [5, 5.41) is 7.91. The Kier molecular flexibility index (Phi) is 9.93. The summed E-state index contributed by atoms with van der Waals surface area (Å²) >= 11 is 0. The third-order valence-electron chi connectivity index (χ3n) is 8.63. The number of ether oxygens (including phenoxy) is 1. The smallest absolute Gasteiger partial charge is 0.270 e. The van der Waals surface area contributed by atoms with Crippen LogP contribution in [0.4, 0.5) is 0 Å². The Morgan fingerprint density at radius 2 is 1.60 bits per heavy atom. The molecule has 42 heavy (non-hydrogen) atoms. The summed E-state index contributed by atoms with van der Waals surface area (Å²) in [6.07, 6.45) is 3.80. The van der Waals surface area contributed by atoms with Crippen LogP contribution in [-0.2, 0) is 10.8 Å². The second-order valence-corrected chi connectivity index (χ2v) is 12.5. The highest BCUT2D eigenvalue weighted by molar-refractivity contribution is 5.94. The maximum Gasteiger partial charge on any atom is 0.270 e. The lowest BCUT2D eigenvalue weighted by Gasteiger charge is -2.30. The Bertz CT molecular complexity index is 1480. The lowest BCUT2D eigenvalue weighted by Crippen LogP contribution is -2.27. The van der Waals surface area contributed by atoms with Gasteiger partial charge in [-0.05, 0) is 78.8 Å². The minimum absolute atomic E-state index is 0.0297. The fourth-order valence-corrected chi connectivity index (χ4v) is 4.95. The fraction of sp³-hybridized carbons (Fsp3) is 0.405. The first-order valence-electron chi connectivity index (χ1n) is 15.3. The molecule has 3 aromatic carbocycles. The van der Waals surface area contributed by atoms with Crippen molar-refractivity contribution in [1.82, 2.24) is 15.1 Å². The Morgan fingerprint density at radius 3 is 2.29 bits per heavy atom. The van der Waals surface area contributed by atoms with Crippen LogP contribution in [0.1, 0.15) is 94.4 Å². The van der Waals surface area contributed by atoms with Crippen LogP contribution in [0.5, 0.6) is 5.75 Å². The number of nitrogens with zero attached hydrogens (tertiary/aromatic N) is 2. The molecule has 0 spiro atoms. The highest BCUT2D eigenvalue weighted by Gasteiger charge is 2.26. The summed E-state index contributed by atoms with van der Waals surface area (Å²) < 4.78 is 8.08. The third kappa shape index (κ3) is 7.31. The number of carbonyl (C=O) groups excluding carboxylic acids is 1. The summed E-state index contributed by atoms with van der Waals surface area (Å²) in [5.74, 6) is 0.838. The Hall–Kier alpha value is -3.86. The van der Waals surface area contributed by atoms with Gasteiger partial charge in [-0.3, -0.25) is 4.79 Å². The number of carbonyl (C=O) groups is 1. The van der Waals surface area contributed by atoms with E-state index >= 15 is 0 Å². The van der Waals surface area contributed by atoms with E-state index in [9.17, 15) is 4.79 Å². The summed E-state index contributed by atoms with van der Waals surface area (Å²) in [6.45, 7) is 16.9. The zero-order valence-corrected chi connectivity index (χ0v) is 26.5. The van der Waals surface area contributed by atoms with E-state index < -0.39 is 0 Å². The zero-order valence-electron chi connectivity index (χ0n) is 26.5. The van der Waals surface area contributed by atoms with Gasteiger partial charge in [-0.15, -0.1) is 0 Å². The van der Waals surface area contributed by atoms with Crippen LogP contribution in [-0.4, -0.2) is 28.8 Å². The Balaban J connectivity index is 1.39. The third-order valence-corrected chi connectivity index (χ3v) is 8.63. The van der Waals surface area contributed by atoms with Gasteiger partial charge in [0.05, 0.1) is 18.0 Å². The normalized spacial score (nSPS) is 11.9. The molecular formula is C37H47N3O2. The topological polar surface area (TPSA) is 56.1 Å².